The second-order valence-electron chi connectivity index (χ2n) is 1.40. The van der Waals surface area contributed by atoms with Gasteiger partial charge in [0, 0.05) is 0 Å². The number of halogens is 1. The van der Waals surface area contributed by atoms with Gasteiger partial charge in [0.05, 0.1) is 6.42 Å². The summed E-state index contributed by atoms with van der Waals surface area (Å²) in [5, 5.41) is 14.7. The zero-order valence-electron chi connectivity index (χ0n) is 5.08. The van der Waals surface area contributed by atoms with E-state index in [1.807, 2.05) is 0 Å². The molecule has 0 radical (unpaired) electrons. The topological polar surface area (TPSA) is 110 Å². The van der Waals surface area contributed by atoms with E-state index in [0.717, 1.165) is 0 Å². The van der Waals surface area contributed by atoms with Gasteiger partial charge < -0.3 is 16.4 Å². The summed E-state index contributed by atoms with van der Waals surface area (Å²) >= 11 is 5.03. The van der Waals surface area contributed by atoms with Crippen molar-refractivity contribution < 1.29 is 19.8 Å². The summed E-state index contributed by atoms with van der Waals surface area (Å²) in [6, 6.07) is 0. The number of hydrogen-bond acceptors (Lipinski definition) is 3. The normalized spacial score (nSPS) is 11.3. The largest absolute Gasteiger partial charge is 0.481 e. The SMILES string of the molecule is N.O=C(O)CC(Cl)C(=O)O. The van der Waals surface area contributed by atoms with E-state index < -0.39 is 23.7 Å². The van der Waals surface area contributed by atoms with Crippen LogP contribution in [0.1, 0.15) is 6.42 Å². The molecule has 0 rings (SSSR count). The molecule has 0 aromatic heterocycles. The molecule has 0 fully saturated rings. The number of carboxylic acids is 2. The van der Waals surface area contributed by atoms with E-state index in [1.54, 1.807) is 0 Å². The number of carboxylic acid groups (broad SMARTS) is 2. The van der Waals surface area contributed by atoms with Gasteiger partial charge in [-0.15, -0.1) is 11.6 Å². The highest BCUT2D eigenvalue weighted by Gasteiger charge is 2.16. The van der Waals surface area contributed by atoms with Crippen molar-refractivity contribution in [3.8, 4) is 0 Å². The number of carbonyl (C=O) groups is 2. The Bertz CT molecular complexity index is 137. The van der Waals surface area contributed by atoms with E-state index in [4.69, 9.17) is 21.8 Å². The van der Waals surface area contributed by atoms with Crippen molar-refractivity contribution in [2.24, 2.45) is 0 Å². The third kappa shape index (κ3) is 5.33. The third-order valence-corrected chi connectivity index (χ3v) is 0.963. The van der Waals surface area contributed by atoms with Crippen LogP contribution in [0.15, 0.2) is 0 Å². The van der Waals surface area contributed by atoms with Crippen molar-refractivity contribution in [3.63, 3.8) is 0 Å². The molecule has 60 valence electrons. The van der Waals surface area contributed by atoms with Gasteiger partial charge in [-0.05, 0) is 0 Å². The van der Waals surface area contributed by atoms with Gasteiger partial charge in [0.2, 0.25) is 0 Å². The lowest BCUT2D eigenvalue weighted by Gasteiger charge is -1.96. The van der Waals surface area contributed by atoms with Gasteiger partial charge in [0.25, 0.3) is 0 Å². The van der Waals surface area contributed by atoms with Crippen molar-refractivity contribution in [2.75, 3.05) is 0 Å². The zero-order chi connectivity index (χ0) is 7.44. The third-order valence-electron chi connectivity index (χ3n) is 0.622. The van der Waals surface area contributed by atoms with Crippen molar-refractivity contribution >= 4 is 23.5 Å². The lowest BCUT2D eigenvalue weighted by molar-refractivity contribution is -0.143. The molecule has 0 aromatic rings. The first-order chi connectivity index (χ1) is 4.04. The first-order valence-electron chi connectivity index (χ1n) is 2.12. The Balaban J connectivity index is 0. The molecule has 0 spiro atoms. The van der Waals surface area contributed by atoms with Gasteiger partial charge in [0.1, 0.15) is 5.38 Å². The van der Waals surface area contributed by atoms with Crippen molar-refractivity contribution in [3.05, 3.63) is 0 Å². The van der Waals surface area contributed by atoms with E-state index in [0.29, 0.717) is 0 Å². The predicted octanol–water partition coefficient (Wildman–Crippen LogP) is 0.315. The van der Waals surface area contributed by atoms with Crippen molar-refractivity contribution in [1.29, 1.82) is 0 Å². The van der Waals surface area contributed by atoms with Crippen LogP contribution in [-0.2, 0) is 9.59 Å². The number of aliphatic carboxylic acids is 2. The van der Waals surface area contributed by atoms with Gasteiger partial charge in [-0.1, -0.05) is 0 Å². The average Bonchev–Trinajstić information content (AvgIpc) is 1.63. The molecule has 0 aliphatic rings. The molecule has 0 aliphatic heterocycles. The smallest absolute Gasteiger partial charge is 0.322 e. The summed E-state index contributed by atoms with van der Waals surface area (Å²) in [6.45, 7) is 0. The summed E-state index contributed by atoms with van der Waals surface area (Å²) in [7, 11) is 0. The molecular weight excluding hydrogens is 162 g/mol. The molecule has 0 saturated heterocycles. The Morgan fingerprint density at radius 2 is 1.80 bits per heavy atom. The molecule has 0 aromatic carbocycles. The predicted molar refractivity (Wildman–Crippen MR) is 34.6 cm³/mol. The maximum atomic E-state index is 9.84. The van der Waals surface area contributed by atoms with Crippen LogP contribution in [0.25, 0.3) is 0 Å². The molecule has 0 heterocycles. The second-order valence-corrected chi connectivity index (χ2v) is 1.93. The van der Waals surface area contributed by atoms with Crippen LogP contribution in [0.2, 0.25) is 0 Å². The molecule has 0 bridgehead atoms. The Morgan fingerprint density at radius 1 is 1.40 bits per heavy atom. The first-order valence-corrected chi connectivity index (χ1v) is 2.56. The monoisotopic (exact) mass is 169 g/mol. The van der Waals surface area contributed by atoms with E-state index in [9.17, 15) is 9.59 Å². The van der Waals surface area contributed by atoms with E-state index in [2.05, 4.69) is 0 Å². The second kappa shape index (κ2) is 5.01. The highest BCUT2D eigenvalue weighted by Crippen LogP contribution is 2.00. The molecule has 6 heteroatoms. The summed E-state index contributed by atoms with van der Waals surface area (Å²) in [4.78, 5) is 19.6. The number of hydrogen-bond donors (Lipinski definition) is 3. The summed E-state index contributed by atoms with van der Waals surface area (Å²) in [6.07, 6.45) is -0.545. The Kier molecular flexibility index (Phi) is 5.98. The zero-order valence-corrected chi connectivity index (χ0v) is 5.84. The Labute approximate surface area is 62.2 Å². The minimum absolute atomic E-state index is 0. The van der Waals surface area contributed by atoms with Crippen LogP contribution in [0.5, 0.6) is 0 Å². The Morgan fingerprint density at radius 3 is 1.90 bits per heavy atom. The minimum atomic E-state index is -1.32. The highest BCUT2D eigenvalue weighted by atomic mass is 35.5. The van der Waals surface area contributed by atoms with Crippen LogP contribution in [0.3, 0.4) is 0 Å². The van der Waals surface area contributed by atoms with Gasteiger partial charge in [-0.25, -0.2) is 0 Å². The lowest BCUT2D eigenvalue weighted by Crippen LogP contribution is -2.17. The molecule has 0 aliphatic carbocycles. The fourth-order valence-corrected chi connectivity index (χ4v) is 0.373. The van der Waals surface area contributed by atoms with Gasteiger partial charge in [0.15, 0.2) is 0 Å². The molecule has 1 unspecified atom stereocenters. The molecule has 5 nitrogen and oxygen atoms in total. The van der Waals surface area contributed by atoms with Crippen molar-refractivity contribution in [1.82, 2.24) is 6.15 Å². The quantitative estimate of drug-likeness (QED) is 0.527. The molecule has 0 amide bonds. The molecule has 0 saturated carbocycles. The molecule has 1 atom stereocenters. The lowest BCUT2D eigenvalue weighted by atomic mass is 10.3. The van der Waals surface area contributed by atoms with Crippen LogP contribution in [-0.4, -0.2) is 27.5 Å². The highest BCUT2D eigenvalue weighted by molar-refractivity contribution is 6.30. The summed E-state index contributed by atoms with van der Waals surface area (Å²) < 4.78 is 0. The summed E-state index contributed by atoms with van der Waals surface area (Å²) in [5.41, 5.74) is 0. The minimum Gasteiger partial charge on any atom is -0.481 e. The fourth-order valence-electron chi connectivity index (χ4n) is 0.241. The summed E-state index contributed by atoms with van der Waals surface area (Å²) in [5.74, 6) is -2.52. The Hall–Kier alpha value is -0.810. The van der Waals surface area contributed by atoms with Crippen LogP contribution in [0, 0.1) is 0 Å². The first kappa shape index (κ1) is 11.9. The molecule has 10 heavy (non-hydrogen) atoms. The average molecular weight is 170 g/mol. The standard InChI is InChI=1S/C4H5ClO4.H3N/c5-2(4(8)9)1-3(6)7;/h2H,1H2,(H,6,7)(H,8,9);1H3. The van der Waals surface area contributed by atoms with Crippen LogP contribution >= 0.6 is 11.6 Å². The van der Waals surface area contributed by atoms with Crippen LogP contribution < -0.4 is 6.15 Å². The molecule has 5 N–H and O–H groups in total. The number of rotatable bonds is 3. The van der Waals surface area contributed by atoms with E-state index in [-0.39, 0.29) is 6.15 Å². The van der Waals surface area contributed by atoms with E-state index >= 15 is 0 Å². The van der Waals surface area contributed by atoms with Crippen LogP contribution in [0.4, 0.5) is 0 Å². The number of alkyl halides is 1. The molecular formula is C4H8ClNO4. The maximum Gasteiger partial charge on any atom is 0.322 e. The van der Waals surface area contributed by atoms with Gasteiger partial charge in [-0.2, -0.15) is 0 Å². The fraction of sp³-hybridized carbons (Fsp3) is 0.500. The van der Waals surface area contributed by atoms with Gasteiger partial charge in [-0.3, -0.25) is 9.59 Å². The van der Waals surface area contributed by atoms with Crippen molar-refractivity contribution in [2.45, 2.75) is 11.8 Å². The maximum absolute atomic E-state index is 9.84. The van der Waals surface area contributed by atoms with E-state index in [1.165, 1.54) is 0 Å². The van der Waals surface area contributed by atoms with Gasteiger partial charge >= 0.3 is 11.9 Å².